The Morgan fingerprint density at radius 1 is 1.56 bits per heavy atom. The van der Waals surface area contributed by atoms with E-state index in [1.54, 1.807) is 23.1 Å². The van der Waals surface area contributed by atoms with Gasteiger partial charge in [-0.2, -0.15) is 0 Å². The van der Waals surface area contributed by atoms with Crippen molar-refractivity contribution < 1.29 is 5.11 Å². The van der Waals surface area contributed by atoms with Crippen LogP contribution in [0.25, 0.3) is 4.91 Å². The molecule has 3 nitrogen and oxygen atoms in total. The van der Waals surface area contributed by atoms with Crippen molar-refractivity contribution in [1.82, 2.24) is 4.98 Å². The lowest BCUT2D eigenvalue weighted by atomic mass is 10.3. The number of thioether (sulfide) groups is 1. The normalized spacial score (nSPS) is 11.5. The third-order valence-electron chi connectivity index (χ3n) is 2.23. The minimum absolute atomic E-state index is 0.0817. The number of aliphatic hydroxyl groups excluding tert-OH is 1. The standard InChI is InChI=1S/C13H20N2OS2/c1-5-6-10(7-16)18-12(9(2)3)11-8-17-13(14-4)15-11/h6,8,16H,5,7H2,1-4H3,(H,14,15)/b10-6+. The first-order valence-electron chi connectivity index (χ1n) is 5.91. The van der Waals surface area contributed by atoms with Crippen molar-refractivity contribution in [3.05, 3.63) is 27.6 Å². The summed E-state index contributed by atoms with van der Waals surface area (Å²) in [6.45, 7) is 6.29. The summed E-state index contributed by atoms with van der Waals surface area (Å²) in [7, 11) is 1.87. The van der Waals surface area contributed by atoms with Crippen LogP contribution in [0.5, 0.6) is 0 Å². The molecule has 1 aromatic heterocycles. The van der Waals surface area contributed by atoms with Crippen LogP contribution >= 0.6 is 23.1 Å². The van der Waals surface area contributed by atoms with Crippen LogP contribution in [0.4, 0.5) is 5.13 Å². The summed E-state index contributed by atoms with van der Waals surface area (Å²) in [5.74, 6) is 0. The largest absolute Gasteiger partial charge is 0.391 e. The van der Waals surface area contributed by atoms with E-state index >= 15 is 0 Å². The molecule has 0 amide bonds. The van der Waals surface area contributed by atoms with Gasteiger partial charge in [0.15, 0.2) is 5.13 Å². The van der Waals surface area contributed by atoms with Gasteiger partial charge in [0, 0.05) is 22.2 Å². The zero-order chi connectivity index (χ0) is 13.5. The lowest BCUT2D eigenvalue weighted by molar-refractivity contribution is 0.339. The molecule has 1 heterocycles. The molecule has 0 radical (unpaired) electrons. The van der Waals surface area contributed by atoms with Gasteiger partial charge >= 0.3 is 0 Å². The van der Waals surface area contributed by atoms with E-state index in [-0.39, 0.29) is 6.61 Å². The minimum atomic E-state index is 0.0817. The van der Waals surface area contributed by atoms with Crippen LogP contribution in [0.15, 0.2) is 21.9 Å². The molecule has 100 valence electrons. The summed E-state index contributed by atoms with van der Waals surface area (Å²) in [5.41, 5.74) is 2.19. The van der Waals surface area contributed by atoms with Crippen molar-refractivity contribution in [2.75, 3.05) is 19.0 Å². The third-order valence-corrected chi connectivity index (χ3v) is 4.46. The van der Waals surface area contributed by atoms with Gasteiger partial charge in [-0.3, -0.25) is 0 Å². The Morgan fingerprint density at radius 2 is 2.28 bits per heavy atom. The van der Waals surface area contributed by atoms with Gasteiger partial charge in [0.25, 0.3) is 0 Å². The predicted molar refractivity (Wildman–Crippen MR) is 83.0 cm³/mol. The van der Waals surface area contributed by atoms with Crippen LogP contribution < -0.4 is 5.32 Å². The second kappa shape index (κ2) is 7.61. The van der Waals surface area contributed by atoms with Crippen LogP contribution in [0.1, 0.15) is 32.9 Å². The van der Waals surface area contributed by atoms with E-state index in [0.29, 0.717) is 0 Å². The SMILES string of the molecule is CC/C=C(\CO)SC(=C(C)C)c1csc(NC)n1. The maximum atomic E-state index is 9.34. The maximum Gasteiger partial charge on any atom is 0.182 e. The number of aromatic nitrogens is 1. The van der Waals surface area contributed by atoms with E-state index in [9.17, 15) is 5.11 Å². The smallest absolute Gasteiger partial charge is 0.182 e. The molecule has 0 unspecified atom stereocenters. The van der Waals surface area contributed by atoms with Crippen molar-refractivity contribution in [3.63, 3.8) is 0 Å². The molecule has 0 fully saturated rings. The van der Waals surface area contributed by atoms with Gasteiger partial charge in [0.2, 0.25) is 0 Å². The molecule has 0 bridgehead atoms. The zero-order valence-corrected chi connectivity index (χ0v) is 12.9. The Morgan fingerprint density at radius 3 is 2.72 bits per heavy atom. The molecule has 0 aliphatic heterocycles. The van der Waals surface area contributed by atoms with Gasteiger partial charge in [0.1, 0.15) is 0 Å². The fourth-order valence-corrected chi connectivity index (χ4v) is 3.13. The number of aliphatic hydroxyl groups is 1. The molecular formula is C13H20N2OS2. The van der Waals surface area contributed by atoms with E-state index in [2.05, 4.69) is 37.1 Å². The number of allylic oxidation sites excluding steroid dienone is 2. The Hall–Kier alpha value is -0.780. The highest BCUT2D eigenvalue weighted by Crippen LogP contribution is 2.37. The first kappa shape index (κ1) is 15.3. The summed E-state index contributed by atoms with van der Waals surface area (Å²) in [5, 5.41) is 15.3. The number of rotatable bonds is 6. The topological polar surface area (TPSA) is 45.1 Å². The maximum absolute atomic E-state index is 9.34. The Labute approximate surface area is 117 Å². The van der Waals surface area contributed by atoms with Crippen LogP contribution in [0, 0.1) is 0 Å². The molecule has 0 aromatic carbocycles. The molecule has 0 aliphatic carbocycles. The number of nitrogens with one attached hydrogen (secondary N) is 1. The molecular weight excluding hydrogens is 264 g/mol. The molecule has 1 rings (SSSR count). The molecule has 0 saturated heterocycles. The molecule has 18 heavy (non-hydrogen) atoms. The molecule has 0 aliphatic rings. The predicted octanol–water partition coefficient (Wildman–Crippen LogP) is 3.96. The second-order valence-corrected chi connectivity index (χ2v) is 5.95. The van der Waals surface area contributed by atoms with E-state index in [4.69, 9.17) is 0 Å². The summed E-state index contributed by atoms with van der Waals surface area (Å²) < 4.78 is 0. The molecule has 2 N–H and O–H groups in total. The summed E-state index contributed by atoms with van der Waals surface area (Å²) in [4.78, 5) is 6.62. The van der Waals surface area contributed by atoms with Gasteiger partial charge in [-0.05, 0) is 20.3 Å². The quantitative estimate of drug-likeness (QED) is 0.830. The summed E-state index contributed by atoms with van der Waals surface area (Å²) in [6.07, 6.45) is 2.98. The molecule has 1 aromatic rings. The monoisotopic (exact) mass is 284 g/mol. The average Bonchev–Trinajstić information content (AvgIpc) is 2.82. The van der Waals surface area contributed by atoms with Crippen molar-refractivity contribution >= 4 is 33.1 Å². The number of thiazole rings is 1. The highest BCUT2D eigenvalue weighted by atomic mass is 32.2. The van der Waals surface area contributed by atoms with Crippen molar-refractivity contribution in [3.8, 4) is 0 Å². The van der Waals surface area contributed by atoms with Gasteiger partial charge in [-0.1, -0.05) is 30.3 Å². The fourth-order valence-electron chi connectivity index (χ4n) is 1.40. The number of hydrogen-bond donors (Lipinski definition) is 2. The average molecular weight is 284 g/mol. The van der Waals surface area contributed by atoms with Crippen molar-refractivity contribution in [2.24, 2.45) is 0 Å². The van der Waals surface area contributed by atoms with E-state index in [1.165, 1.54) is 5.57 Å². The lowest BCUT2D eigenvalue weighted by Crippen LogP contribution is -1.91. The highest BCUT2D eigenvalue weighted by Gasteiger charge is 2.11. The van der Waals surface area contributed by atoms with Gasteiger partial charge in [0.05, 0.1) is 12.3 Å². The number of hydrogen-bond acceptors (Lipinski definition) is 5. The van der Waals surface area contributed by atoms with Crippen LogP contribution in [-0.2, 0) is 0 Å². The Kier molecular flexibility index (Phi) is 6.46. The molecule has 0 spiro atoms. The molecule has 5 heteroatoms. The highest BCUT2D eigenvalue weighted by molar-refractivity contribution is 8.11. The minimum Gasteiger partial charge on any atom is -0.391 e. The van der Waals surface area contributed by atoms with E-state index in [1.807, 2.05) is 12.4 Å². The van der Waals surface area contributed by atoms with E-state index in [0.717, 1.165) is 27.1 Å². The van der Waals surface area contributed by atoms with Gasteiger partial charge < -0.3 is 10.4 Å². The number of nitrogens with zero attached hydrogens (tertiary/aromatic N) is 1. The fraction of sp³-hybridized carbons (Fsp3) is 0.462. The van der Waals surface area contributed by atoms with E-state index < -0.39 is 0 Å². The van der Waals surface area contributed by atoms with Gasteiger partial charge in [-0.25, -0.2) is 4.98 Å². The van der Waals surface area contributed by atoms with Crippen LogP contribution in [0.3, 0.4) is 0 Å². The van der Waals surface area contributed by atoms with Crippen LogP contribution in [-0.4, -0.2) is 23.7 Å². The Balaban J connectivity index is 2.98. The van der Waals surface area contributed by atoms with Crippen molar-refractivity contribution in [1.29, 1.82) is 0 Å². The second-order valence-electron chi connectivity index (χ2n) is 3.96. The first-order valence-corrected chi connectivity index (χ1v) is 7.60. The van der Waals surface area contributed by atoms with Crippen molar-refractivity contribution in [2.45, 2.75) is 27.2 Å². The first-order chi connectivity index (χ1) is 8.62. The third kappa shape index (κ3) is 4.15. The number of anilines is 1. The summed E-state index contributed by atoms with van der Waals surface area (Å²) >= 11 is 3.20. The lowest BCUT2D eigenvalue weighted by Gasteiger charge is -2.08. The molecule has 0 saturated carbocycles. The van der Waals surface area contributed by atoms with Gasteiger partial charge in [-0.15, -0.1) is 11.3 Å². The molecule has 0 atom stereocenters. The van der Waals surface area contributed by atoms with Crippen LogP contribution in [0.2, 0.25) is 0 Å². The Bertz CT molecular complexity index is 446. The zero-order valence-electron chi connectivity index (χ0n) is 11.3. The summed E-state index contributed by atoms with van der Waals surface area (Å²) in [6, 6.07) is 0.